The fourth-order valence-electron chi connectivity index (χ4n) is 3.34. The number of hydrogen-bond donors (Lipinski definition) is 1. The summed E-state index contributed by atoms with van der Waals surface area (Å²) in [5, 5.41) is 0. The van der Waals surface area contributed by atoms with E-state index in [4.69, 9.17) is 10.5 Å². The molecule has 3 nitrogen and oxygen atoms in total. The van der Waals surface area contributed by atoms with Crippen molar-refractivity contribution in [2.24, 2.45) is 11.7 Å². The van der Waals surface area contributed by atoms with Gasteiger partial charge in [0.1, 0.15) is 11.9 Å². The van der Waals surface area contributed by atoms with Crippen LogP contribution in [0.25, 0.3) is 0 Å². The Morgan fingerprint density at radius 1 is 1.42 bits per heavy atom. The van der Waals surface area contributed by atoms with Crippen LogP contribution in [-0.2, 0) is 6.42 Å². The van der Waals surface area contributed by atoms with Gasteiger partial charge in [0.15, 0.2) is 0 Å². The van der Waals surface area contributed by atoms with Crippen LogP contribution in [-0.4, -0.2) is 36.7 Å². The lowest BCUT2D eigenvalue weighted by atomic mass is 9.96. The number of benzene rings is 1. The number of halogens is 1. The van der Waals surface area contributed by atoms with E-state index in [1.165, 1.54) is 5.56 Å². The Morgan fingerprint density at radius 2 is 2.26 bits per heavy atom. The Kier molecular flexibility index (Phi) is 3.83. The average Bonchev–Trinajstić information content (AvgIpc) is 2.68. The van der Waals surface area contributed by atoms with Crippen molar-refractivity contribution >= 4 is 15.9 Å². The van der Waals surface area contributed by atoms with Gasteiger partial charge in [0.25, 0.3) is 0 Å². The maximum absolute atomic E-state index is 6.11. The fraction of sp³-hybridized carbons (Fsp3) is 0.600. The van der Waals surface area contributed by atoms with Crippen molar-refractivity contribution in [3.05, 3.63) is 28.2 Å². The monoisotopic (exact) mass is 324 g/mol. The molecule has 1 saturated heterocycles. The number of nitrogens with two attached hydrogens (primary N) is 1. The van der Waals surface area contributed by atoms with E-state index in [9.17, 15) is 0 Å². The summed E-state index contributed by atoms with van der Waals surface area (Å²) in [5.41, 5.74) is 7.42. The van der Waals surface area contributed by atoms with Gasteiger partial charge in [-0.05, 0) is 36.1 Å². The summed E-state index contributed by atoms with van der Waals surface area (Å²) in [7, 11) is 0. The smallest absolute Gasteiger partial charge is 0.123 e. The number of hydrogen-bond acceptors (Lipinski definition) is 3. The molecule has 104 valence electrons. The molecular weight excluding hydrogens is 304 g/mol. The molecule has 1 aromatic carbocycles. The van der Waals surface area contributed by atoms with Crippen molar-refractivity contribution in [1.82, 2.24) is 4.90 Å². The van der Waals surface area contributed by atoms with E-state index in [1.807, 2.05) is 6.07 Å². The van der Waals surface area contributed by atoms with Gasteiger partial charge in [0, 0.05) is 36.6 Å². The molecule has 3 unspecified atom stereocenters. The van der Waals surface area contributed by atoms with Gasteiger partial charge < -0.3 is 10.5 Å². The van der Waals surface area contributed by atoms with E-state index < -0.39 is 0 Å². The highest BCUT2D eigenvalue weighted by Crippen LogP contribution is 2.31. The van der Waals surface area contributed by atoms with Crippen molar-refractivity contribution in [1.29, 1.82) is 0 Å². The van der Waals surface area contributed by atoms with Crippen LogP contribution in [0.3, 0.4) is 0 Å². The van der Waals surface area contributed by atoms with Crippen LogP contribution in [0.15, 0.2) is 22.7 Å². The Labute approximate surface area is 123 Å². The van der Waals surface area contributed by atoms with E-state index >= 15 is 0 Å². The molecule has 0 spiro atoms. The first-order valence-electron chi connectivity index (χ1n) is 7.03. The summed E-state index contributed by atoms with van der Waals surface area (Å²) in [5.74, 6) is 1.74. The molecule has 3 rings (SSSR count). The fourth-order valence-corrected chi connectivity index (χ4v) is 3.75. The highest BCUT2D eigenvalue weighted by molar-refractivity contribution is 9.10. The molecule has 1 aromatic rings. The third-order valence-corrected chi connectivity index (χ3v) is 4.49. The predicted molar refractivity (Wildman–Crippen MR) is 80.5 cm³/mol. The van der Waals surface area contributed by atoms with Crippen LogP contribution in [0.4, 0.5) is 0 Å². The lowest BCUT2D eigenvalue weighted by Crippen LogP contribution is -2.49. The summed E-state index contributed by atoms with van der Waals surface area (Å²) in [6.07, 6.45) is 2.44. The first-order chi connectivity index (χ1) is 9.10. The van der Waals surface area contributed by atoms with Gasteiger partial charge >= 0.3 is 0 Å². The minimum absolute atomic E-state index is 0.279. The zero-order valence-electron chi connectivity index (χ0n) is 11.3. The zero-order valence-corrected chi connectivity index (χ0v) is 12.9. The van der Waals surface area contributed by atoms with Gasteiger partial charge in [-0.25, -0.2) is 0 Å². The summed E-state index contributed by atoms with van der Waals surface area (Å²) in [4.78, 5) is 2.46. The van der Waals surface area contributed by atoms with Crippen molar-refractivity contribution in [3.63, 3.8) is 0 Å². The van der Waals surface area contributed by atoms with Crippen molar-refractivity contribution in [2.75, 3.05) is 19.6 Å². The SMILES string of the molecule is CC1CC(N)CN(CC2Cc3cc(Br)ccc3O2)C1. The van der Waals surface area contributed by atoms with Crippen LogP contribution >= 0.6 is 15.9 Å². The molecule has 1 fully saturated rings. The summed E-state index contributed by atoms with van der Waals surface area (Å²) in [6.45, 7) is 5.43. The lowest BCUT2D eigenvalue weighted by Gasteiger charge is -2.35. The quantitative estimate of drug-likeness (QED) is 0.908. The Bertz CT molecular complexity index is 455. The summed E-state index contributed by atoms with van der Waals surface area (Å²) >= 11 is 3.52. The minimum Gasteiger partial charge on any atom is -0.488 e. The van der Waals surface area contributed by atoms with Gasteiger partial charge in [-0.1, -0.05) is 22.9 Å². The largest absolute Gasteiger partial charge is 0.488 e. The van der Waals surface area contributed by atoms with Crippen LogP contribution in [0.2, 0.25) is 0 Å². The maximum Gasteiger partial charge on any atom is 0.123 e. The number of piperidine rings is 1. The second-order valence-corrected chi connectivity index (χ2v) is 6.93. The molecule has 0 aromatic heterocycles. The molecule has 4 heteroatoms. The summed E-state index contributed by atoms with van der Waals surface area (Å²) < 4.78 is 7.16. The molecule has 0 bridgehead atoms. The normalized spacial score (nSPS) is 31.0. The zero-order chi connectivity index (χ0) is 13.4. The molecule has 2 aliphatic rings. The first-order valence-corrected chi connectivity index (χ1v) is 7.82. The van der Waals surface area contributed by atoms with Crippen LogP contribution in [0.1, 0.15) is 18.9 Å². The van der Waals surface area contributed by atoms with Gasteiger partial charge in [-0.2, -0.15) is 0 Å². The van der Waals surface area contributed by atoms with E-state index in [0.29, 0.717) is 12.0 Å². The van der Waals surface area contributed by atoms with E-state index in [0.717, 1.165) is 42.7 Å². The van der Waals surface area contributed by atoms with Crippen LogP contribution in [0.5, 0.6) is 5.75 Å². The second-order valence-electron chi connectivity index (χ2n) is 6.02. The number of nitrogens with zero attached hydrogens (tertiary/aromatic N) is 1. The highest BCUT2D eigenvalue weighted by Gasteiger charge is 2.28. The minimum atomic E-state index is 0.279. The average molecular weight is 325 g/mol. The Hall–Kier alpha value is -0.580. The molecule has 2 N–H and O–H groups in total. The first kappa shape index (κ1) is 13.4. The molecule has 0 amide bonds. The van der Waals surface area contributed by atoms with Gasteiger partial charge in [0.05, 0.1) is 0 Å². The number of rotatable bonds is 2. The Balaban J connectivity index is 1.61. The molecule has 3 atom stereocenters. The third kappa shape index (κ3) is 3.12. The molecule has 2 heterocycles. The van der Waals surface area contributed by atoms with Crippen molar-refractivity contribution < 1.29 is 4.74 Å². The predicted octanol–water partition coefficient (Wildman–Crippen LogP) is 2.42. The topological polar surface area (TPSA) is 38.5 Å². The molecule has 2 aliphatic heterocycles. The highest BCUT2D eigenvalue weighted by atomic mass is 79.9. The van der Waals surface area contributed by atoms with E-state index in [2.05, 4.69) is 39.9 Å². The van der Waals surface area contributed by atoms with Gasteiger partial charge in [0.2, 0.25) is 0 Å². The molecule has 19 heavy (non-hydrogen) atoms. The molecule has 0 saturated carbocycles. The van der Waals surface area contributed by atoms with Crippen molar-refractivity contribution in [2.45, 2.75) is 31.9 Å². The Morgan fingerprint density at radius 3 is 3.05 bits per heavy atom. The number of likely N-dealkylation sites (tertiary alicyclic amines) is 1. The molecule has 0 radical (unpaired) electrons. The van der Waals surface area contributed by atoms with Crippen LogP contribution < -0.4 is 10.5 Å². The van der Waals surface area contributed by atoms with Gasteiger partial charge in [-0.3, -0.25) is 4.90 Å². The van der Waals surface area contributed by atoms with E-state index in [-0.39, 0.29) is 6.10 Å². The number of ether oxygens (including phenoxy) is 1. The maximum atomic E-state index is 6.11. The lowest BCUT2D eigenvalue weighted by molar-refractivity contribution is 0.106. The number of fused-ring (bicyclic) bond motifs is 1. The standard InChI is InChI=1S/C15H21BrN2O/c1-10-4-13(17)8-18(7-10)9-14-6-11-5-12(16)2-3-15(11)19-14/h2-3,5,10,13-14H,4,6-9,17H2,1H3. The second kappa shape index (κ2) is 5.43. The van der Waals surface area contributed by atoms with Crippen LogP contribution in [0, 0.1) is 5.92 Å². The molecule has 0 aliphatic carbocycles. The van der Waals surface area contributed by atoms with Gasteiger partial charge in [-0.15, -0.1) is 0 Å². The van der Waals surface area contributed by atoms with Crippen molar-refractivity contribution in [3.8, 4) is 5.75 Å². The van der Waals surface area contributed by atoms with E-state index in [1.54, 1.807) is 0 Å². The summed E-state index contributed by atoms with van der Waals surface area (Å²) in [6, 6.07) is 6.59. The molecular formula is C15H21BrN2O. The third-order valence-electron chi connectivity index (χ3n) is 3.99.